The normalized spacial score (nSPS) is 16.2. The van der Waals surface area contributed by atoms with Crippen LogP contribution in [-0.2, 0) is 4.79 Å². The second-order valence-corrected chi connectivity index (χ2v) is 5.57. The summed E-state index contributed by atoms with van der Waals surface area (Å²) in [5, 5.41) is 6.29. The molecule has 1 aromatic rings. The molecule has 0 saturated heterocycles. The summed E-state index contributed by atoms with van der Waals surface area (Å²) in [6.07, 6.45) is 7.59. The molecule has 0 unspecified atom stereocenters. The van der Waals surface area contributed by atoms with Gasteiger partial charge in [0.05, 0.1) is 13.2 Å². The molecule has 0 aliphatic heterocycles. The molecule has 4 nitrogen and oxygen atoms in total. The number of carbonyl (C=O) groups is 1. The lowest BCUT2D eigenvalue weighted by Gasteiger charge is -2.16. The lowest BCUT2D eigenvalue weighted by Crippen LogP contribution is -2.35. The van der Waals surface area contributed by atoms with Crippen LogP contribution in [0.25, 0.3) is 0 Å². The molecule has 2 rings (SSSR count). The van der Waals surface area contributed by atoms with Crippen molar-refractivity contribution in [3.8, 4) is 5.75 Å². The van der Waals surface area contributed by atoms with Gasteiger partial charge < -0.3 is 15.4 Å². The third kappa shape index (κ3) is 5.76. The van der Waals surface area contributed by atoms with Crippen molar-refractivity contribution in [2.75, 3.05) is 18.5 Å². The van der Waals surface area contributed by atoms with Crippen LogP contribution in [0.3, 0.4) is 0 Å². The zero-order valence-electron chi connectivity index (χ0n) is 12.9. The Hall–Kier alpha value is -1.55. The van der Waals surface area contributed by atoms with Crippen molar-refractivity contribution in [2.45, 2.75) is 51.5 Å². The minimum Gasteiger partial charge on any atom is -0.494 e. The van der Waals surface area contributed by atoms with Gasteiger partial charge in [-0.2, -0.15) is 0 Å². The van der Waals surface area contributed by atoms with Crippen LogP contribution in [-0.4, -0.2) is 25.1 Å². The molecule has 1 aliphatic carbocycles. The number of rotatable bonds is 6. The van der Waals surface area contributed by atoms with Gasteiger partial charge in [-0.3, -0.25) is 4.79 Å². The van der Waals surface area contributed by atoms with Gasteiger partial charge >= 0.3 is 0 Å². The molecule has 2 N–H and O–H groups in total. The third-order valence-corrected chi connectivity index (χ3v) is 3.86. The van der Waals surface area contributed by atoms with E-state index >= 15 is 0 Å². The maximum Gasteiger partial charge on any atom is 0.238 e. The lowest BCUT2D eigenvalue weighted by atomic mass is 10.1. The number of hydrogen-bond acceptors (Lipinski definition) is 3. The largest absolute Gasteiger partial charge is 0.494 e. The Bertz CT molecular complexity index is 423. The average molecular weight is 290 g/mol. The summed E-state index contributed by atoms with van der Waals surface area (Å²) in [4.78, 5) is 11.9. The van der Waals surface area contributed by atoms with E-state index < -0.39 is 0 Å². The van der Waals surface area contributed by atoms with Gasteiger partial charge in [0.15, 0.2) is 0 Å². The van der Waals surface area contributed by atoms with Crippen molar-refractivity contribution in [3.05, 3.63) is 24.3 Å². The predicted molar refractivity (Wildman–Crippen MR) is 85.7 cm³/mol. The Morgan fingerprint density at radius 2 is 1.81 bits per heavy atom. The monoisotopic (exact) mass is 290 g/mol. The van der Waals surface area contributed by atoms with E-state index in [1.54, 1.807) is 0 Å². The molecule has 1 aromatic carbocycles. The number of anilines is 1. The highest BCUT2D eigenvalue weighted by molar-refractivity contribution is 5.92. The first-order chi connectivity index (χ1) is 10.3. The second kappa shape index (κ2) is 8.67. The van der Waals surface area contributed by atoms with E-state index in [0.29, 0.717) is 19.2 Å². The zero-order chi connectivity index (χ0) is 14.9. The number of ether oxygens (including phenoxy) is 1. The van der Waals surface area contributed by atoms with E-state index in [-0.39, 0.29) is 5.91 Å². The van der Waals surface area contributed by atoms with Gasteiger partial charge in [0.25, 0.3) is 0 Å². The van der Waals surface area contributed by atoms with E-state index in [1.807, 2.05) is 31.2 Å². The number of hydrogen-bond donors (Lipinski definition) is 2. The Balaban J connectivity index is 1.73. The van der Waals surface area contributed by atoms with Crippen LogP contribution in [0.4, 0.5) is 5.69 Å². The van der Waals surface area contributed by atoms with E-state index in [0.717, 1.165) is 11.4 Å². The first-order valence-corrected chi connectivity index (χ1v) is 8.04. The average Bonchev–Trinajstić information content (AvgIpc) is 2.76. The number of carbonyl (C=O) groups excluding carboxylic acids is 1. The van der Waals surface area contributed by atoms with Crippen LogP contribution in [0.2, 0.25) is 0 Å². The van der Waals surface area contributed by atoms with Gasteiger partial charge in [0.1, 0.15) is 5.75 Å². The van der Waals surface area contributed by atoms with Crippen LogP contribution in [0.1, 0.15) is 45.4 Å². The summed E-state index contributed by atoms with van der Waals surface area (Å²) < 4.78 is 5.38. The maximum absolute atomic E-state index is 11.9. The van der Waals surface area contributed by atoms with Gasteiger partial charge in [0.2, 0.25) is 5.91 Å². The Morgan fingerprint density at radius 3 is 2.43 bits per heavy atom. The molecule has 21 heavy (non-hydrogen) atoms. The number of amides is 1. The van der Waals surface area contributed by atoms with Crippen molar-refractivity contribution in [1.29, 1.82) is 0 Å². The van der Waals surface area contributed by atoms with E-state index in [1.165, 1.54) is 38.5 Å². The van der Waals surface area contributed by atoms with Crippen LogP contribution in [0.5, 0.6) is 5.75 Å². The van der Waals surface area contributed by atoms with Crippen molar-refractivity contribution in [2.24, 2.45) is 0 Å². The van der Waals surface area contributed by atoms with Crippen molar-refractivity contribution < 1.29 is 9.53 Å². The Morgan fingerprint density at radius 1 is 1.14 bits per heavy atom. The fourth-order valence-corrected chi connectivity index (χ4v) is 2.73. The molecule has 0 radical (unpaired) electrons. The summed E-state index contributed by atoms with van der Waals surface area (Å²) in [5.41, 5.74) is 0.811. The quantitative estimate of drug-likeness (QED) is 0.790. The molecule has 1 saturated carbocycles. The molecule has 0 atom stereocenters. The van der Waals surface area contributed by atoms with Crippen molar-refractivity contribution >= 4 is 11.6 Å². The van der Waals surface area contributed by atoms with E-state index in [4.69, 9.17) is 4.74 Å². The highest BCUT2D eigenvalue weighted by Gasteiger charge is 2.12. The van der Waals surface area contributed by atoms with Gasteiger partial charge in [-0.15, -0.1) is 0 Å². The second-order valence-electron chi connectivity index (χ2n) is 5.57. The van der Waals surface area contributed by atoms with Gasteiger partial charge in [-0.1, -0.05) is 25.7 Å². The van der Waals surface area contributed by atoms with Crippen molar-refractivity contribution in [1.82, 2.24) is 5.32 Å². The molecule has 1 fully saturated rings. The smallest absolute Gasteiger partial charge is 0.238 e. The molecular formula is C17H26N2O2. The summed E-state index contributed by atoms with van der Waals surface area (Å²) >= 11 is 0. The summed E-state index contributed by atoms with van der Waals surface area (Å²) in [5.74, 6) is 0.843. The molecule has 0 bridgehead atoms. The van der Waals surface area contributed by atoms with Gasteiger partial charge in [-0.25, -0.2) is 0 Å². The van der Waals surface area contributed by atoms with Gasteiger partial charge in [-0.05, 0) is 44.0 Å². The molecule has 0 aromatic heterocycles. The van der Waals surface area contributed by atoms with Crippen LogP contribution < -0.4 is 15.4 Å². The standard InChI is InChI=1S/C17H26N2O2/c1-2-21-16-11-9-15(10-12-16)19-17(20)13-18-14-7-5-3-4-6-8-14/h9-12,14,18H,2-8,13H2,1H3,(H,19,20). The first kappa shape index (κ1) is 15.8. The molecule has 1 aliphatic rings. The molecule has 1 amide bonds. The van der Waals surface area contributed by atoms with Crippen molar-refractivity contribution in [3.63, 3.8) is 0 Å². The van der Waals surface area contributed by atoms with E-state index in [9.17, 15) is 4.79 Å². The van der Waals surface area contributed by atoms with Crippen LogP contribution in [0, 0.1) is 0 Å². The molecule has 0 heterocycles. The molecule has 116 valence electrons. The lowest BCUT2D eigenvalue weighted by molar-refractivity contribution is -0.115. The fourth-order valence-electron chi connectivity index (χ4n) is 2.73. The summed E-state index contributed by atoms with van der Waals surface area (Å²) in [6, 6.07) is 7.98. The minimum atomic E-state index is 0.0170. The predicted octanol–water partition coefficient (Wildman–Crippen LogP) is 3.34. The fraction of sp³-hybridized carbons (Fsp3) is 0.588. The number of benzene rings is 1. The van der Waals surface area contributed by atoms with Crippen LogP contribution in [0.15, 0.2) is 24.3 Å². The number of nitrogens with one attached hydrogen (secondary N) is 2. The zero-order valence-corrected chi connectivity index (χ0v) is 12.9. The van der Waals surface area contributed by atoms with Gasteiger partial charge in [0, 0.05) is 11.7 Å². The third-order valence-electron chi connectivity index (χ3n) is 3.86. The topological polar surface area (TPSA) is 50.4 Å². The minimum absolute atomic E-state index is 0.0170. The molecular weight excluding hydrogens is 264 g/mol. The molecule has 4 heteroatoms. The Labute approximate surface area is 127 Å². The van der Waals surface area contributed by atoms with Crippen LogP contribution >= 0.6 is 0 Å². The summed E-state index contributed by atoms with van der Waals surface area (Å²) in [7, 11) is 0. The SMILES string of the molecule is CCOc1ccc(NC(=O)CNC2CCCCCC2)cc1. The summed E-state index contributed by atoms with van der Waals surface area (Å²) in [6.45, 7) is 2.99. The first-order valence-electron chi connectivity index (χ1n) is 8.04. The Kier molecular flexibility index (Phi) is 6.54. The van der Waals surface area contributed by atoms with E-state index in [2.05, 4.69) is 10.6 Å². The molecule has 0 spiro atoms. The highest BCUT2D eigenvalue weighted by atomic mass is 16.5. The maximum atomic E-state index is 11.9. The highest BCUT2D eigenvalue weighted by Crippen LogP contribution is 2.17.